The van der Waals surface area contributed by atoms with Crippen LogP contribution in [0, 0.1) is 0 Å². The molecule has 0 spiro atoms. The minimum Gasteiger partial charge on any atom is -0.497 e. The molecular formula is C23H20BrNO3. The van der Waals surface area contributed by atoms with Crippen LogP contribution < -0.4 is 14.8 Å². The van der Waals surface area contributed by atoms with Crippen LogP contribution in [0.15, 0.2) is 83.3 Å². The number of hydrogen-bond donors (Lipinski definition) is 1. The molecule has 0 fully saturated rings. The summed E-state index contributed by atoms with van der Waals surface area (Å²) in [5.41, 5.74) is 2.70. The second kappa shape index (κ2) is 9.76. The van der Waals surface area contributed by atoms with E-state index in [1.807, 2.05) is 66.7 Å². The smallest absolute Gasteiger partial charge is 0.248 e. The van der Waals surface area contributed by atoms with Gasteiger partial charge in [0.1, 0.15) is 18.1 Å². The number of halogens is 1. The number of rotatable bonds is 7. The largest absolute Gasteiger partial charge is 0.497 e. The molecule has 3 aromatic rings. The Hall–Kier alpha value is -3.05. The molecule has 0 aromatic heterocycles. The van der Waals surface area contributed by atoms with Crippen molar-refractivity contribution >= 4 is 33.6 Å². The first kappa shape index (κ1) is 19.7. The van der Waals surface area contributed by atoms with Gasteiger partial charge in [-0.2, -0.15) is 0 Å². The van der Waals surface area contributed by atoms with E-state index in [1.165, 1.54) is 6.08 Å². The number of carbonyl (C=O) groups excluding carboxylic acids is 1. The molecule has 3 rings (SSSR count). The lowest BCUT2D eigenvalue weighted by Crippen LogP contribution is -2.07. The summed E-state index contributed by atoms with van der Waals surface area (Å²) < 4.78 is 12.0. The number of carbonyl (C=O) groups is 1. The number of benzene rings is 3. The molecule has 28 heavy (non-hydrogen) atoms. The predicted molar refractivity (Wildman–Crippen MR) is 116 cm³/mol. The minimum absolute atomic E-state index is 0.205. The zero-order valence-corrected chi connectivity index (χ0v) is 17.0. The highest BCUT2D eigenvalue weighted by Gasteiger charge is 2.00. The van der Waals surface area contributed by atoms with Crippen molar-refractivity contribution in [3.63, 3.8) is 0 Å². The Balaban J connectivity index is 1.52. The van der Waals surface area contributed by atoms with E-state index in [0.717, 1.165) is 21.3 Å². The first-order valence-corrected chi connectivity index (χ1v) is 9.52. The van der Waals surface area contributed by atoms with E-state index in [4.69, 9.17) is 9.47 Å². The van der Waals surface area contributed by atoms with Gasteiger partial charge in [-0.05, 0) is 53.6 Å². The molecule has 142 valence electrons. The van der Waals surface area contributed by atoms with Crippen molar-refractivity contribution in [3.8, 4) is 11.5 Å². The lowest BCUT2D eigenvalue weighted by Gasteiger charge is -2.07. The van der Waals surface area contributed by atoms with Gasteiger partial charge in [0.15, 0.2) is 0 Å². The molecule has 4 nitrogen and oxygen atoms in total. The van der Waals surface area contributed by atoms with Gasteiger partial charge in [-0.25, -0.2) is 0 Å². The first-order valence-electron chi connectivity index (χ1n) is 8.73. The molecule has 0 radical (unpaired) electrons. The molecule has 0 aliphatic rings. The second-order valence-electron chi connectivity index (χ2n) is 6.04. The molecule has 0 heterocycles. The van der Waals surface area contributed by atoms with Crippen molar-refractivity contribution < 1.29 is 14.3 Å². The van der Waals surface area contributed by atoms with Gasteiger partial charge in [-0.15, -0.1) is 0 Å². The summed E-state index contributed by atoms with van der Waals surface area (Å²) in [5.74, 6) is 1.27. The third-order valence-electron chi connectivity index (χ3n) is 3.96. The van der Waals surface area contributed by atoms with Crippen molar-refractivity contribution in [1.29, 1.82) is 0 Å². The Labute approximate surface area is 172 Å². The van der Waals surface area contributed by atoms with E-state index in [9.17, 15) is 4.79 Å². The van der Waals surface area contributed by atoms with Gasteiger partial charge in [-0.3, -0.25) is 4.79 Å². The number of nitrogens with one attached hydrogen (secondary N) is 1. The van der Waals surface area contributed by atoms with Gasteiger partial charge < -0.3 is 14.8 Å². The van der Waals surface area contributed by atoms with Gasteiger partial charge >= 0.3 is 0 Å². The molecule has 0 atom stereocenters. The van der Waals surface area contributed by atoms with Crippen molar-refractivity contribution in [2.45, 2.75) is 6.61 Å². The maximum absolute atomic E-state index is 12.1. The molecular weight excluding hydrogens is 418 g/mol. The zero-order chi connectivity index (χ0) is 19.8. The molecule has 0 aliphatic heterocycles. The normalized spacial score (nSPS) is 10.6. The Kier molecular flexibility index (Phi) is 6.87. The first-order chi connectivity index (χ1) is 13.6. The summed E-state index contributed by atoms with van der Waals surface area (Å²) in [6, 6.07) is 22.8. The molecule has 5 heteroatoms. The van der Waals surface area contributed by atoms with Crippen molar-refractivity contribution in [2.24, 2.45) is 0 Å². The summed E-state index contributed by atoms with van der Waals surface area (Å²) >= 11 is 3.42. The maximum atomic E-state index is 12.1. The Morgan fingerprint density at radius 2 is 1.75 bits per heavy atom. The molecule has 0 unspecified atom stereocenters. The van der Waals surface area contributed by atoms with Crippen LogP contribution >= 0.6 is 15.9 Å². The van der Waals surface area contributed by atoms with Crippen molar-refractivity contribution in [1.82, 2.24) is 0 Å². The van der Waals surface area contributed by atoms with Gasteiger partial charge in [0.2, 0.25) is 5.91 Å². The van der Waals surface area contributed by atoms with Crippen molar-refractivity contribution in [3.05, 3.63) is 94.5 Å². The van der Waals surface area contributed by atoms with E-state index in [2.05, 4.69) is 21.2 Å². The van der Waals surface area contributed by atoms with Crippen molar-refractivity contribution in [2.75, 3.05) is 12.4 Å². The van der Waals surface area contributed by atoms with Gasteiger partial charge in [-0.1, -0.05) is 46.3 Å². The summed E-state index contributed by atoms with van der Waals surface area (Å²) in [4.78, 5) is 12.1. The number of methoxy groups -OCH3 is 1. The van der Waals surface area contributed by atoms with E-state index in [0.29, 0.717) is 18.0 Å². The third-order valence-corrected chi connectivity index (χ3v) is 4.49. The quantitative estimate of drug-likeness (QED) is 0.483. The second-order valence-corrected chi connectivity index (χ2v) is 6.95. The van der Waals surface area contributed by atoms with Crippen LogP contribution in [0.5, 0.6) is 11.5 Å². The Morgan fingerprint density at radius 3 is 2.46 bits per heavy atom. The highest BCUT2D eigenvalue weighted by atomic mass is 79.9. The van der Waals surface area contributed by atoms with Gasteiger partial charge in [0, 0.05) is 22.3 Å². The lowest BCUT2D eigenvalue weighted by molar-refractivity contribution is -0.111. The van der Waals surface area contributed by atoms with E-state index in [1.54, 1.807) is 19.3 Å². The van der Waals surface area contributed by atoms with E-state index < -0.39 is 0 Å². The zero-order valence-electron chi connectivity index (χ0n) is 15.4. The monoisotopic (exact) mass is 437 g/mol. The summed E-state index contributed by atoms with van der Waals surface area (Å²) in [5, 5.41) is 2.81. The van der Waals surface area contributed by atoms with Crippen LogP contribution in [0.4, 0.5) is 5.69 Å². The van der Waals surface area contributed by atoms with Crippen LogP contribution in [0.3, 0.4) is 0 Å². The SMILES string of the molecule is COc1cccc(NC(=O)C=Cc2ccc(OCc3ccc(Br)cc3)cc2)c1. The molecule has 3 aromatic carbocycles. The Morgan fingerprint density at radius 1 is 1.00 bits per heavy atom. The van der Waals surface area contributed by atoms with E-state index in [-0.39, 0.29) is 5.91 Å². The van der Waals surface area contributed by atoms with Crippen LogP contribution in [-0.4, -0.2) is 13.0 Å². The summed E-state index contributed by atoms with van der Waals surface area (Å²) in [7, 11) is 1.59. The molecule has 1 N–H and O–H groups in total. The number of amides is 1. The van der Waals surface area contributed by atoms with Gasteiger partial charge in [0.05, 0.1) is 7.11 Å². The standard InChI is InChI=1S/C23H20BrNO3/c1-27-22-4-2-3-20(15-22)25-23(26)14-9-17-7-12-21(13-8-17)28-16-18-5-10-19(24)11-6-18/h2-15H,16H2,1H3,(H,25,26). The van der Waals surface area contributed by atoms with Gasteiger partial charge in [0.25, 0.3) is 0 Å². The predicted octanol–water partition coefficient (Wildman–Crippen LogP) is 5.69. The molecule has 0 bridgehead atoms. The van der Waals surface area contributed by atoms with E-state index >= 15 is 0 Å². The fraction of sp³-hybridized carbons (Fsp3) is 0.0870. The number of ether oxygens (including phenoxy) is 2. The number of hydrogen-bond acceptors (Lipinski definition) is 3. The van der Waals surface area contributed by atoms with Crippen LogP contribution in [0.2, 0.25) is 0 Å². The fourth-order valence-corrected chi connectivity index (χ4v) is 2.74. The molecule has 0 aliphatic carbocycles. The molecule has 1 amide bonds. The average molecular weight is 438 g/mol. The highest BCUT2D eigenvalue weighted by molar-refractivity contribution is 9.10. The summed E-state index contributed by atoms with van der Waals surface area (Å²) in [6.45, 7) is 0.505. The third kappa shape index (κ3) is 5.99. The topological polar surface area (TPSA) is 47.6 Å². The highest BCUT2D eigenvalue weighted by Crippen LogP contribution is 2.18. The maximum Gasteiger partial charge on any atom is 0.248 e. The number of anilines is 1. The molecule has 0 saturated carbocycles. The van der Waals surface area contributed by atoms with Crippen LogP contribution in [0.25, 0.3) is 6.08 Å². The summed E-state index contributed by atoms with van der Waals surface area (Å²) in [6.07, 6.45) is 3.26. The van der Waals surface area contributed by atoms with Crippen LogP contribution in [0.1, 0.15) is 11.1 Å². The molecule has 0 saturated heterocycles. The minimum atomic E-state index is -0.205. The fourth-order valence-electron chi connectivity index (χ4n) is 2.48. The van der Waals surface area contributed by atoms with Crippen LogP contribution in [-0.2, 0) is 11.4 Å². The Bertz CT molecular complexity index is 950. The average Bonchev–Trinajstić information content (AvgIpc) is 2.73. The lowest BCUT2D eigenvalue weighted by atomic mass is 10.2.